The Morgan fingerprint density at radius 3 is 2.56 bits per heavy atom. The maximum absolute atomic E-state index is 15.2. The lowest BCUT2D eigenvalue weighted by atomic mass is 10.1. The van der Waals surface area contributed by atoms with Gasteiger partial charge in [0.1, 0.15) is 11.4 Å². The lowest BCUT2D eigenvalue weighted by Crippen LogP contribution is -2.42. The first-order valence-electron chi connectivity index (χ1n) is 13.0. The molecule has 43 heavy (non-hydrogen) atoms. The van der Waals surface area contributed by atoms with Crippen molar-refractivity contribution in [2.45, 2.75) is 19.9 Å². The predicted molar refractivity (Wildman–Crippen MR) is 156 cm³/mol. The number of anilines is 1. The van der Waals surface area contributed by atoms with Crippen LogP contribution in [0.5, 0.6) is 5.75 Å². The van der Waals surface area contributed by atoms with Crippen LogP contribution in [0.3, 0.4) is 0 Å². The lowest BCUT2D eigenvalue weighted by molar-refractivity contribution is 0.102. The van der Waals surface area contributed by atoms with Gasteiger partial charge < -0.3 is 25.8 Å². The second-order valence-corrected chi connectivity index (χ2v) is 9.60. The third-order valence-electron chi connectivity index (χ3n) is 6.39. The van der Waals surface area contributed by atoms with Crippen molar-refractivity contribution in [1.82, 2.24) is 24.4 Å². The molecule has 11 nitrogen and oxygen atoms in total. The van der Waals surface area contributed by atoms with Crippen LogP contribution in [0.2, 0.25) is 0 Å². The van der Waals surface area contributed by atoms with E-state index in [1.54, 1.807) is 32.3 Å². The van der Waals surface area contributed by atoms with E-state index in [0.717, 1.165) is 35.2 Å². The van der Waals surface area contributed by atoms with Crippen LogP contribution in [0.25, 0.3) is 11.3 Å². The maximum atomic E-state index is 15.2. The van der Waals surface area contributed by atoms with E-state index >= 15 is 4.39 Å². The van der Waals surface area contributed by atoms with E-state index in [-0.39, 0.29) is 28.4 Å². The van der Waals surface area contributed by atoms with E-state index in [0.29, 0.717) is 17.0 Å². The first-order valence-corrected chi connectivity index (χ1v) is 13.0. The van der Waals surface area contributed by atoms with Gasteiger partial charge in [0.2, 0.25) is 0 Å². The summed E-state index contributed by atoms with van der Waals surface area (Å²) < 4.78 is 36.5. The number of carbonyl (C=O) groups excluding carboxylic acids is 1. The fourth-order valence-corrected chi connectivity index (χ4v) is 4.25. The molecule has 0 fully saturated rings. The van der Waals surface area contributed by atoms with E-state index in [4.69, 9.17) is 10.1 Å². The Labute approximate surface area is 243 Å². The van der Waals surface area contributed by atoms with E-state index in [2.05, 4.69) is 20.6 Å². The molecular formula is C30H25F2N7O4. The molecule has 0 radical (unpaired) electrons. The third kappa shape index (κ3) is 5.95. The van der Waals surface area contributed by atoms with Gasteiger partial charge in [0.05, 0.1) is 23.4 Å². The van der Waals surface area contributed by atoms with Crippen LogP contribution < -0.4 is 26.6 Å². The highest BCUT2D eigenvalue weighted by atomic mass is 19.1. The molecular weight excluding hydrogens is 560 g/mol. The monoisotopic (exact) mass is 585 g/mol. The first-order chi connectivity index (χ1) is 20.7. The number of carbonyl (C=O) groups is 1. The molecule has 0 spiro atoms. The second-order valence-electron chi connectivity index (χ2n) is 9.60. The van der Waals surface area contributed by atoms with Crippen molar-refractivity contribution in [3.8, 4) is 11.4 Å². The highest BCUT2D eigenvalue weighted by Gasteiger charge is 2.21. The number of allylic oxidation sites excluding steroid dienone is 3. The second kappa shape index (κ2) is 11.9. The van der Waals surface area contributed by atoms with Gasteiger partial charge in [0.25, 0.3) is 11.5 Å². The van der Waals surface area contributed by atoms with Crippen molar-refractivity contribution in [3.63, 3.8) is 0 Å². The van der Waals surface area contributed by atoms with E-state index in [9.17, 15) is 18.8 Å². The summed E-state index contributed by atoms with van der Waals surface area (Å²) in [7, 11) is 0. The lowest BCUT2D eigenvalue weighted by Gasteiger charge is -2.19. The number of halogens is 2. The molecule has 0 unspecified atom stereocenters. The van der Waals surface area contributed by atoms with Gasteiger partial charge in [-0.05, 0) is 62.4 Å². The van der Waals surface area contributed by atoms with Crippen LogP contribution in [0.4, 0.5) is 14.5 Å². The van der Waals surface area contributed by atoms with Crippen molar-refractivity contribution >= 4 is 23.4 Å². The Bertz CT molecular complexity index is 1920. The summed E-state index contributed by atoms with van der Waals surface area (Å²) in [6.45, 7) is 3.40. The zero-order chi connectivity index (χ0) is 30.7. The van der Waals surface area contributed by atoms with Gasteiger partial charge in [-0.15, -0.1) is 0 Å². The van der Waals surface area contributed by atoms with Crippen molar-refractivity contribution in [2.75, 3.05) is 5.32 Å². The molecule has 2 aromatic carbocycles. The zero-order valence-corrected chi connectivity index (χ0v) is 22.9. The summed E-state index contributed by atoms with van der Waals surface area (Å²) >= 11 is 0. The molecule has 1 amide bonds. The van der Waals surface area contributed by atoms with E-state index in [1.807, 2.05) is 0 Å². The van der Waals surface area contributed by atoms with Crippen molar-refractivity contribution in [3.05, 3.63) is 135 Å². The number of imidazole rings is 1. The highest BCUT2D eigenvalue weighted by Crippen LogP contribution is 2.28. The fraction of sp³-hybridized carbons (Fsp3) is 0.100. The van der Waals surface area contributed by atoms with Gasteiger partial charge in [0.15, 0.2) is 17.3 Å². The predicted octanol–water partition coefficient (Wildman–Crippen LogP) is 4.27. The molecule has 218 valence electrons. The summed E-state index contributed by atoms with van der Waals surface area (Å²) in [6.07, 6.45) is 10.1. The number of aromatic amines is 1. The summed E-state index contributed by atoms with van der Waals surface area (Å²) in [5.74, 6) is -2.21. The van der Waals surface area contributed by atoms with Crippen molar-refractivity contribution in [1.29, 1.82) is 5.41 Å². The third-order valence-corrected chi connectivity index (χ3v) is 6.39. The molecule has 3 heterocycles. The molecule has 2 aromatic heterocycles. The van der Waals surface area contributed by atoms with Crippen LogP contribution >= 0.6 is 0 Å². The minimum atomic E-state index is -0.922. The molecule has 13 heteroatoms. The van der Waals surface area contributed by atoms with Crippen molar-refractivity contribution < 1.29 is 18.3 Å². The minimum Gasteiger partial charge on any atom is -0.452 e. The molecule has 0 atom stereocenters. The maximum Gasteiger partial charge on any atom is 0.335 e. The average Bonchev–Trinajstić information content (AvgIpc) is 3.51. The number of aromatic nitrogens is 4. The van der Waals surface area contributed by atoms with Crippen LogP contribution in [0.1, 0.15) is 35.9 Å². The van der Waals surface area contributed by atoms with E-state index in [1.165, 1.54) is 41.2 Å². The molecule has 1 aliphatic rings. The van der Waals surface area contributed by atoms with Gasteiger partial charge in [-0.3, -0.25) is 14.2 Å². The molecule has 4 N–H and O–H groups in total. The number of rotatable bonds is 8. The van der Waals surface area contributed by atoms with Crippen molar-refractivity contribution in [2.24, 2.45) is 0 Å². The van der Waals surface area contributed by atoms with Gasteiger partial charge in [-0.25, -0.2) is 23.1 Å². The molecule has 4 aromatic rings. The SMILES string of the molecule is CC(C)n1cc(C(=O)Nc2ccc(OC3=CC(c4c[nH]cn4)=CN/C3=C\C=N)c(F)c2)c(=O)n(-c2ccc(F)cc2)c1=O. The number of benzene rings is 2. The highest BCUT2D eigenvalue weighted by molar-refractivity contribution is 6.03. The Morgan fingerprint density at radius 2 is 1.91 bits per heavy atom. The number of amides is 1. The fourth-order valence-electron chi connectivity index (χ4n) is 4.25. The molecule has 0 aliphatic carbocycles. The Morgan fingerprint density at radius 1 is 1.14 bits per heavy atom. The molecule has 5 rings (SSSR count). The Hall–Kier alpha value is -5.85. The van der Waals surface area contributed by atoms with Gasteiger partial charge in [-0.2, -0.15) is 0 Å². The standard InChI is InChI=1S/C30H25F2N7O4/c1-17(2)38-15-22(29(41)39(30(38)42)21-6-3-19(31)4-7-21)28(40)37-20-5-8-26(23(32)12-20)43-27-11-18(25-14-34-16-36-25)13-35-24(27)9-10-33/h3-17,33,35H,1-2H3,(H,34,36)(H,37,40)/b24-9-,33-10?. The average molecular weight is 586 g/mol. The van der Waals surface area contributed by atoms with Crippen LogP contribution in [-0.2, 0) is 0 Å². The van der Waals surface area contributed by atoms with Crippen LogP contribution in [0, 0.1) is 17.0 Å². The number of ether oxygens (including phenoxy) is 1. The minimum absolute atomic E-state index is 0.0213. The summed E-state index contributed by atoms with van der Waals surface area (Å²) in [5, 5.41) is 12.9. The molecule has 0 saturated heterocycles. The largest absolute Gasteiger partial charge is 0.452 e. The van der Waals surface area contributed by atoms with Crippen LogP contribution in [0.15, 0.2) is 101 Å². The summed E-state index contributed by atoms with van der Waals surface area (Å²) in [6, 6.07) is 7.98. The van der Waals surface area contributed by atoms with Crippen LogP contribution in [-0.4, -0.2) is 31.2 Å². The zero-order valence-electron chi connectivity index (χ0n) is 22.9. The number of nitrogens with one attached hydrogen (secondary N) is 4. The molecule has 0 saturated carbocycles. The van der Waals surface area contributed by atoms with Gasteiger partial charge in [0, 0.05) is 48.2 Å². The number of dihydropyridines is 1. The summed E-state index contributed by atoms with van der Waals surface area (Å²) in [4.78, 5) is 46.6. The quantitative estimate of drug-likeness (QED) is 0.227. The number of hydrogen-bond donors (Lipinski definition) is 4. The van der Waals surface area contributed by atoms with E-state index < -0.39 is 34.8 Å². The smallest absolute Gasteiger partial charge is 0.335 e. The Balaban J connectivity index is 1.43. The van der Waals surface area contributed by atoms with Gasteiger partial charge >= 0.3 is 5.69 Å². The number of nitrogens with zero attached hydrogens (tertiary/aromatic N) is 3. The first kappa shape index (κ1) is 28.7. The number of H-pyrrole nitrogens is 1. The molecule has 1 aliphatic heterocycles. The number of hydrogen-bond acceptors (Lipinski definition) is 7. The topological polar surface area (TPSA) is 147 Å². The summed E-state index contributed by atoms with van der Waals surface area (Å²) in [5.41, 5.74) is -0.229. The normalized spacial score (nSPS) is 13.7. The molecule has 0 bridgehead atoms. The Kier molecular flexibility index (Phi) is 7.96. The van der Waals surface area contributed by atoms with Gasteiger partial charge in [-0.1, -0.05) is 0 Å².